The van der Waals surface area contributed by atoms with E-state index in [9.17, 15) is 0 Å². The molecule has 16 heavy (non-hydrogen) atoms. The Morgan fingerprint density at radius 2 is 2.25 bits per heavy atom. The molecule has 2 aliphatic rings. The van der Waals surface area contributed by atoms with Crippen LogP contribution in [0.5, 0.6) is 0 Å². The summed E-state index contributed by atoms with van der Waals surface area (Å²) in [6.45, 7) is 6.57. The molecule has 92 valence electrons. The Hall–Kier alpha value is -0.220. The van der Waals surface area contributed by atoms with Gasteiger partial charge in [0.1, 0.15) is 0 Å². The van der Waals surface area contributed by atoms with Crippen LogP contribution < -0.4 is 5.32 Å². The smallest absolute Gasteiger partial charge is 0.156 e. The molecule has 1 aliphatic carbocycles. The van der Waals surface area contributed by atoms with Crippen molar-refractivity contribution in [3.63, 3.8) is 0 Å². The van der Waals surface area contributed by atoms with Crippen molar-refractivity contribution in [3.05, 3.63) is 0 Å². The summed E-state index contributed by atoms with van der Waals surface area (Å²) in [5.41, 5.74) is 0. The number of nitrogens with one attached hydrogen (secondary N) is 1. The standard InChI is InChI=1S/C12H23N3S/c1-9(2)11-8-16-12(14-11)13-6-7-15(3)10-4-5-10/h9-11H,4-8H2,1-3H3,(H,13,14)/t11-/m1/s1. The monoisotopic (exact) mass is 241 g/mol. The molecule has 0 aromatic rings. The first-order chi connectivity index (χ1) is 7.66. The predicted molar refractivity (Wildman–Crippen MR) is 72.2 cm³/mol. The van der Waals surface area contributed by atoms with E-state index in [4.69, 9.17) is 0 Å². The van der Waals surface area contributed by atoms with E-state index in [-0.39, 0.29) is 0 Å². The van der Waals surface area contributed by atoms with Crippen molar-refractivity contribution in [1.29, 1.82) is 0 Å². The van der Waals surface area contributed by atoms with Gasteiger partial charge in [0.15, 0.2) is 5.17 Å². The Morgan fingerprint density at radius 1 is 1.50 bits per heavy atom. The van der Waals surface area contributed by atoms with E-state index in [1.54, 1.807) is 0 Å². The van der Waals surface area contributed by atoms with Crippen molar-refractivity contribution in [2.45, 2.75) is 38.8 Å². The third-order valence-corrected chi connectivity index (χ3v) is 4.44. The van der Waals surface area contributed by atoms with Gasteiger partial charge in [-0.05, 0) is 25.8 Å². The van der Waals surface area contributed by atoms with Crippen LogP contribution in [0.15, 0.2) is 4.99 Å². The van der Waals surface area contributed by atoms with Crippen molar-refractivity contribution in [2.24, 2.45) is 10.9 Å². The second-order valence-corrected chi connectivity index (χ2v) is 6.21. The minimum atomic E-state index is 0.616. The number of nitrogens with zero attached hydrogens (tertiary/aromatic N) is 2. The molecule has 0 spiro atoms. The molecule has 0 unspecified atom stereocenters. The fraction of sp³-hybridized carbons (Fsp3) is 0.917. The number of rotatable bonds is 5. The zero-order valence-electron chi connectivity index (χ0n) is 10.6. The minimum Gasteiger partial charge on any atom is -0.361 e. The molecule has 1 saturated heterocycles. The third-order valence-electron chi connectivity index (χ3n) is 3.39. The summed E-state index contributed by atoms with van der Waals surface area (Å²) in [6, 6.07) is 1.47. The lowest BCUT2D eigenvalue weighted by atomic mass is 10.1. The van der Waals surface area contributed by atoms with Crippen LogP contribution in [0.2, 0.25) is 0 Å². The molecule has 1 atom stereocenters. The van der Waals surface area contributed by atoms with Gasteiger partial charge in [0.25, 0.3) is 0 Å². The largest absolute Gasteiger partial charge is 0.361 e. The van der Waals surface area contributed by atoms with Gasteiger partial charge >= 0.3 is 0 Å². The molecule has 4 heteroatoms. The fourth-order valence-electron chi connectivity index (χ4n) is 1.87. The zero-order valence-corrected chi connectivity index (χ0v) is 11.4. The summed E-state index contributed by atoms with van der Waals surface area (Å²) in [6.07, 6.45) is 2.77. The van der Waals surface area contributed by atoms with Gasteiger partial charge in [0.2, 0.25) is 0 Å². The first kappa shape index (κ1) is 12.2. The van der Waals surface area contributed by atoms with Crippen molar-refractivity contribution >= 4 is 16.9 Å². The maximum Gasteiger partial charge on any atom is 0.156 e. The van der Waals surface area contributed by atoms with E-state index in [1.807, 2.05) is 11.8 Å². The molecule has 2 rings (SSSR count). The van der Waals surface area contributed by atoms with E-state index >= 15 is 0 Å². The first-order valence-corrected chi connectivity index (χ1v) is 7.29. The molecule has 0 aromatic carbocycles. The third kappa shape index (κ3) is 3.39. The molecular formula is C12H23N3S. The van der Waals surface area contributed by atoms with Crippen LogP contribution in [0, 0.1) is 5.92 Å². The number of likely N-dealkylation sites (N-methyl/N-ethyl adjacent to an activating group) is 1. The van der Waals surface area contributed by atoms with Gasteiger partial charge < -0.3 is 10.2 Å². The van der Waals surface area contributed by atoms with E-state index in [0.717, 1.165) is 24.3 Å². The number of thioether (sulfide) groups is 1. The molecule has 1 saturated carbocycles. The highest BCUT2D eigenvalue weighted by molar-refractivity contribution is 8.14. The van der Waals surface area contributed by atoms with Crippen LogP contribution >= 0.6 is 11.8 Å². The average Bonchev–Trinajstić information content (AvgIpc) is 2.98. The summed E-state index contributed by atoms with van der Waals surface area (Å²) in [5, 5.41) is 4.66. The van der Waals surface area contributed by atoms with E-state index in [1.165, 1.54) is 18.6 Å². The van der Waals surface area contributed by atoms with Gasteiger partial charge in [-0.1, -0.05) is 25.6 Å². The highest BCUT2D eigenvalue weighted by Gasteiger charge is 2.26. The number of hydrogen-bond acceptors (Lipinski definition) is 3. The molecule has 2 fully saturated rings. The van der Waals surface area contributed by atoms with Gasteiger partial charge in [0, 0.05) is 24.4 Å². The van der Waals surface area contributed by atoms with Crippen LogP contribution in [0.3, 0.4) is 0 Å². The lowest BCUT2D eigenvalue weighted by Gasteiger charge is -2.14. The number of aliphatic imine (C=N–C) groups is 1. The number of amidine groups is 1. The highest BCUT2D eigenvalue weighted by Crippen LogP contribution is 2.25. The van der Waals surface area contributed by atoms with Gasteiger partial charge in [-0.3, -0.25) is 4.99 Å². The molecule has 3 nitrogen and oxygen atoms in total. The minimum absolute atomic E-state index is 0.616. The second kappa shape index (κ2) is 5.41. The summed E-state index contributed by atoms with van der Waals surface area (Å²) >= 11 is 1.87. The van der Waals surface area contributed by atoms with Crippen molar-refractivity contribution in [1.82, 2.24) is 10.2 Å². The molecular weight excluding hydrogens is 218 g/mol. The Balaban J connectivity index is 1.68. The molecule has 1 N–H and O–H groups in total. The summed E-state index contributed by atoms with van der Waals surface area (Å²) in [5.74, 6) is 1.88. The van der Waals surface area contributed by atoms with Crippen LogP contribution in [0.25, 0.3) is 0 Å². The Morgan fingerprint density at radius 3 is 2.81 bits per heavy atom. The predicted octanol–water partition coefficient (Wildman–Crippen LogP) is 1.80. The quantitative estimate of drug-likeness (QED) is 0.795. The SMILES string of the molecule is CC(C)[C@H]1CSC(=NCCN(C)C2CC2)N1. The van der Waals surface area contributed by atoms with Crippen LogP contribution in [0.1, 0.15) is 26.7 Å². The first-order valence-electron chi connectivity index (χ1n) is 6.31. The van der Waals surface area contributed by atoms with Crippen LogP contribution in [0.4, 0.5) is 0 Å². The summed E-state index contributed by atoms with van der Waals surface area (Å²) in [4.78, 5) is 7.07. The van der Waals surface area contributed by atoms with Gasteiger partial charge in [-0.25, -0.2) is 0 Å². The normalized spacial score (nSPS) is 28.1. The summed E-state index contributed by atoms with van der Waals surface area (Å²) in [7, 11) is 2.21. The second-order valence-electron chi connectivity index (χ2n) is 5.20. The Kier molecular flexibility index (Phi) is 4.14. The molecule has 0 amide bonds. The van der Waals surface area contributed by atoms with Gasteiger partial charge in [-0.15, -0.1) is 0 Å². The van der Waals surface area contributed by atoms with E-state index in [0.29, 0.717) is 12.0 Å². The lowest BCUT2D eigenvalue weighted by Crippen LogP contribution is -2.32. The van der Waals surface area contributed by atoms with Crippen LogP contribution in [-0.4, -0.2) is 48.0 Å². The summed E-state index contributed by atoms with van der Waals surface area (Å²) < 4.78 is 0. The maximum absolute atomic E-state index is 4.63. The molecule has 0 aromatic heterocycles. The zero-order chi connectivity index (χ0) is 11.5. The Labute approximate surface area is 103 Å². The van der Waals surface area contributed by atoms with Crippen molar-refractivity contribution in [3.8, 4) is 0 Å². The molecule has 1 aliphatic heterocycles. The van der Waals surface area contributed by atoms with Gasteiger partial charge in [0.05, 0.1) is 6.54 Å². The van der Waals surface area contributed by atoms with E-state index < -0.39 is 0 Å². The molecule has 1 heterocycles. The molecule has 0 bridgehead atoms. The topological polar surface area (TPSA) is 27.6 Å². The maximum atomic E-state index is 4.63. The van der Waals surface area contributed by atoms with Crippen molar-refractivity contribution < 1.29 is 0 Å². The highest BCUT2D eigenvalue weighted by atomic mass is 32.2. The van der Waals surface area contributed by atoms with Crippen molar-refractivity contribution in [2.75, 3.05) is 25.9 Å². The Bertz CT molecular complexity index is 261. The van der Waals surface area contributed by atoms with Crippen LogP contribution in [-0.2, 0) is 0 Å². The van der Waals surface area contributed by atoms with Gasteiger partial charge in [-0.2, -0.15) is 0 Å². The average molecular weight is 241 g/mol. The fourth-order valence-corrected chi connectivity index (χ4v) is 3.09. The number of hydrogen-bond donors (Lipinski definition) is 1. The molecule has 0 radical (unpaired) electrons. The van der Waals surface area contributed by atoms with E-state index in [2.05, 4.69) is 36.1 Å². The lowest BCUT2D eigenvalue weighted by molar-refractivity contribution is 0.334.